The van der Waals surface area contributed by atoms with Crippen molar-refractivity contribution in [1.29, 1.82) is 0 Å². The molecule has 0 amide bonds. The normalized spacial score (nSPS) is 22.3. The van der Waals surface area contributed by atoms with Crippen LogP contribution in [0.2, 0.25) is 0 Å². The Hall–Kier alpha value is -2.33. The van der Waals surface area contributed by atoms with Crippen molar-refractivity contribution in [3.05, 3.63) is 65.2 Å². The largest absolute Gasteiger partial charge is 0.497 e. The van der Waals surface area contributed by atoms with Crippen molar-refractivity contribution in [3.63, 3.8) is 0 Å². The quantitative estimate of drug-likeness (QED) is 0.622. The Morgan fingerprint density at radius 3 is 2.08 bits per heavy atom. The van der Waals surface area contributed by atoms with Gasteiger partial charge in [-0.15, -0.1) is 0 Å². The highest BCUT2D eigenvalue weighted by Crippen LogP contribution is 2.52. The highest BCUT2D eigenvalue weighted by molar-refractivity contribution is 5.81. The molecule has 4 nitrogen and oxygen atoms in total. The summed E-state index contributed by atoms with van der Waals surface area (Å²) in [6.45, 7) is 5.70. The number of epoxide rings is 1. The lowest BCUT2D eigenvalue weighted by Gasteiger charge is -2.15. The molecule has 1 aliphatic rings. The van der Waals surface area contributed by atoms with Gasteiger partial charge in [0.15, 0.2) is 11.7 Å². The Kier molecular flexibility index (Phi) is 4.33. The van der Waals surface area contributed by atoms with E-state index in [2.05, 4.69) is 0 Å². The Morgan fingerprint density at radius 2 is 1.58 bits per heavy atom. The van der Waals surface area contributed by atoms with Crippen LogP contribution in [-0.2, 0) is 19.9 Å². The average Bonchev–Trinajstić information content (AvgIpc) is 3.32. The molecule has 0 saturated carbocycles. The zero-order valence-electron chi connectivity index (χ0n) is 14.4. The monoisotopic (exact) mass is 326 g/mol. The zero-order valence-corrected chi connectivity index (χ0v) is 14.4. The van der Waals surface area contributed by atoms with Gasteiger partial charge in [0, 0.05) is 0 Å². The Bertz CT molecular complexity index is 718. The molecule has 0 bridgehead atoms. The van der Waals surface area contributed by atoms with Crippen LogP contribution in [0.25, 0.3) is 0 Å². The summed E-state index contributed by atoms with van der Waals surface area (Å²) in [5, 5.41) is 0. The van der Waals surface area contributed by atoms with E-state index in [0.29, 0.717) is 0 Å². The van der Waals surface area contributed by atoms with Crippen LogP contribution in [0.3, 0.4) is 0 Å². The lowest BCUT2D eigenvalue weighted by atomic mass is 9.87. The zero-order chi connectivity index (χ0) is 17.3. The van der Waals surface area contributed by atoms with E-state index >= 15 is 0 Å². The second-order valence-corrected chi connectivity index (χ2v) is 6.31. The van der Waals surface area contributed by atoms with Crippen molar-refractivity contribution in [3.8, 4) is 5.75 Å². The standard InChI is InChI=1S/C20H22O4/c1-13(2)23-19(21)18-20(24-18,15-7-5-14(3)6-8-15)16-9-11-17(22-4)12-10-16/h5-13,18H,1-4H3. The molecule has 2 atom stereocenters. The van der Waals surface area contributed by atoms with Crippen molar-refractivity contribution in [1.82, 2.24) is 0 Å². The van der Waals surface area contributed by atoms with E-state index in [1.165, 1.54) is 0 Å². The van der Waals surface area contributed by atoms with Crippen LogP contribution in [-0.4, -0.2) is 25.3 Å². The molecule has 0 N–H and O–H groups in total. The first-order chi connectivity index (χ1) is 11.5. The second kappa shape index (κ2) is 6.29. The Labute approximate surface area is 142 Å². The van der Waals surface area contributed by atoms with Crippen molar-refractivity contribution >= 4 is 5.97 Å². The number of ether oxygens (including phenoxy) is 3. The summed E-state index contributed by atoms with van der Waals surface area (Å²) in [4.78, 5) is 12.4. The SMILES string of the molecule is COc1ccc(C2(c3ccc(C)cc3)OC2C(=O)OC(C)C)cc1. The number of benzene rings is 2. The number of carbonyl (C=O) groups is 1. The van der Waals surface area contributed by atoms with Gasteiger partial charge in [-0.3, -0.25) is 0 Å². The number of aryl methyl sites for hydroxylation is 1. The van der Waals surface area contributed by atoms with Crippen LogP contribution in [0.4, 0.5) is 0 Å². The molecule has 2 aromatic rings. The summed E-state index contributed by atoms with van der Waals surface area (Å²) in [6.07, 6.45) is -0.802. The van der Waals surface area contributed by atoms with Gasteiger partial charge in [0.2, 0.25) is 0 Å². The molecule has 1 saturated heterocycles. The minimum atomic E-state index is -0.786. The molecule has 3 rings (SSSR count). The van der Waals surface area contributed by atoms with Crippen LogP contribution in [0, 0.1) is 6.92 Å². The molecule has 0 aliphatic carbocycles. The van der Waals surface area contributed by atoms with Crippen LogP contribution >= 0.6 is 0 Å². The third-order valence-corrected chi connectivity index (χ3v) is 4.18. The van der Waals surface area contributed by atoms with Gasteiger partial charge < -0.3 is 14.2 Å². The summed E-state index contributed by atoms with van der Waals surface area (Å²) in [5.74, 6) is 0.432. The highest BCUT2D eigenvalue weighted by Gasteiger charge is 2.64. The molecule has 1 fully saturated rings. The molecule has 24 heavy (non-hydrogen) atoms. The van der Waals surface area contributed by atoms with Crippen molar-refractivity contribution in [2.45, 2.75) is 38.6 Å². The number of hydrogen-bond acceptors (Lipinski definition) is 4. The summed E-state index contributed by atoms with van der Waals surface area (Å²) >= 11 is 0. The molecule has 0 aromatic heterocycles. The fourth-order valence-corrected chi connectivity index (χ4v) is 2.91. The smallest absolute Gasteiger partial charge is 0.339 e. The molecule has 0 radical (unpaired) electrons. The molecule has 0 spiro atoms. The first kappa shape index (κ1) is 16.5. The average molecular weight is 326 g/mol. The number of rotatable bonds is 5. The van der Waals surface area contributed by atoms with Gasteiger partial charge in [-0.25, -0.2) is 4.79 Å². The van der Waals surface area contributed by atoms with Gasteiger partial charge in [-0.1, -0.05) is 42.0 Å². The van der Waals surface area contributed by atoms with E-state index < -0.39 is 11.7 Å². The van der Waals surface area contributed by atoms with Crippen LogP contribution in [0.1, 0.15) is 30.5 Å². The van der Waals surface area contributed by atoms with Gasteiger partial charge in [-0.05, 0) is 44.0 Å². The Morgan fingerprint density at radius 1 is 1.04 bits per heavy atom. The summed E-state index contributed by atoms with van der Waals surface area (Å²) < 4.78 is 16.5. The first-order valence-electron chi connectivity index (χ1n) is 8.07. The van der Waals surface area contributed by atoms with E-state index in [1.807, 2.05) is 69.3 Å². The number of hydrogen-bond donors (Lipinski definition) is 0. The molecule has 2 aromatic carbocycles. The maximum absolute atomic E-state index is 12.4. The van der Waals surface area contributed by atoms with E-state index in [9.17, 15) is 4.79 Å². The van der Waals surface area contributed by atoms with Crippen molar-refractivity contribution < 1.29 is 19.0 Å². The third-order valence-electron chi connectivity index (χ3n) is 4.18. The van der Waals surface area contributed by atoms with Gasteiger partial charge in [-0.2, -0.15) is 0 Å². The predicted octanol–water partition coefficient (Wildman–Crippen LogP) is 3.60. The number of methoxy groups -OCH3 is 1. The minimum Gasteiger partial charge on any atom is -0.497 e. The van der Waals surface area contributed by atoms with Gasteiger partial charge in [0.1, 0.15) is 5.75 Å². The minimum absolute atomic E-state index is 0.173. The molecule has 1 heterocycles. The Balaban J connectivity index is 1.99. The molecular weight excluding hydrogens is 304 g/mol. The second-order valence-electron chi connectivity index (χ2n) is 6.31. The fourth-order valence-electron chi connectivity index (χ4n) is 2.91. The van der Waals surface area contributed by atoms with Crippen LogP contribution in [0.5, 0.6) is 5.75 Å². The molecular formula is C20H22O4. The van der Waals surface area contributed by atoms with E-state index in [0.717, 1.165) is 22.4 Å². The maximum atomic E-state index is 12.4. The van der Waals surface area contributed by atoms with Gasteiger partial charge in [0.25, 0.3) is 0 Å². The van der Waals surface area contributed by atoms with Crippen molar-refractivity contribution in [2.75, 3.05) is 7.11 Å². The summed E-state index contributed by atoms with van der Waals surface area (Å²) in [7, 11) is 1.63. The molecule has 126 valence electrons. The predicted molar refractivity (Wildman–Crippen MR) is 91.1 cm³/mol. The summed E-state index contributed by atoms with van der Waals surface area (Å²) in [5.41, 5.74) is 2.23. The maximum Gasteiger partial charge on any atom is 0.339 e. The first-order valence-corrected chi connectivity index (χ1v) is 8.07. The number of esters is 1. The lowest BCUT2D eigenvalue weighted by Crippen LogP contribution is -2.24. The lowest BCUT2D eigenvalue weighted by molar-refractivity contribution is -0.148. The third kappa shape index (κ3) is 2.89. The van der Waals surface area contributed by atoms with Gasteiger partial charge >= 0.3 is 5.97 Å². The van der Waals surface area contributed by atoms with Gasteiger partial charge in [0.05, 0.1) is 13.2 Å². The molecule has 2 unspecified atom stereocenters. The summed E-state index contributed by atoms with van der Waals surface area (Å²) in [6, 6.07) is 15.7. The topological polar surface area (TPSA) is 48.1 Å². The molecule has 1 aliphatic heterocycles. The highest BCUT2D eigenvalue weighted by atomic mass is 16.7. The van der Waals surface area contributed by atoms with Crippen molar-refractivity contribution in [2.24, 2.45) is 0 Å². The van der Waals surface area contributed by atoms with Crippen LogP contribution in [0.15, 0.2) is 48.5 Å². The fraction of sp³-hybridized carbons (Fsp3) is 0.350. The van der Waals surface area contributed by atoms with E-state index in [1.54, 1.807) is 7.11 Å². The molecule has 4 heteroatoms. The van der Waals surface area contributed by atoms with E-state index in [-0.39, 0.29) is 12.1 Å². The van der Waals surface area contributed by atoms with Crippen LogP contribution < -0.4 is 4.74 Å². The number of carbonyl (C=O) groups excluding carboxylic acids is 1. The van der Waals surface area contributed by atoms with E-state index in [4.69, 9.17) is 14.2 Å².